The SMILES string of the molecule is CC(C)(C)c1ccc(C2CCC(=O)NC2=O)c(F)c1. The molecule has 0 aromatic heterocycles. The second-order valence-electron chi connectivity index (χ2n) is 5.99. The van der Waals surface area contributed by atoms with E-state index < -0.39 is 11.8 Å². The predicted molar refractivity (Wildman–Crippen MR) is 70.2 cm³/mol. The maximum atomic E-state index is 14.2. The summed E-state index contributed by atoms with van der Waals surface area (Å²) >= 11 is 0. The van der Waals surface area contributed by atoms with Crippen molar-refractivity contribution in [2.45, 2.75) is 44.9 Å². The smallest absolute Gasteiger partial charge is 0.234 e. The first-order chi connectivity index (χ1) is 8.79. The first-order valence-electron chi connectivity index (χ1n) is 6.42. The fourth-order valence-electron chi connectivity index (χ4n) is 2.27. The maximum absolute atomic E-state index is 14.2. The van der Waals surface area contributed by atoms with Gasteiger partial charge in [0.2, 0.25) is 11.8 Å². The van der Waals surface area contributed by atoms with Crippen molar-refractivity contribution in [1.29, 1.82) is 0 Å². The number of amides is 2. The van der Waals surface area contributed by atoms with Crippen molar-refractivity contribution in [3.8, 4) is 0 Å². The summed E-state index contributed by atoms with van der Waals surface area (Å²) in [4.78, 5) is 22.8. The third kappa shape index (κ3) is 2.83. The van der Waals surface area contributed by atoms with Gasteiger partial charge in [-0.3, -0.25) is 14.9 Å². The molecule has 0 aliphatic carbocycles. The number of carbonyl (C=O) groups excluding carboxylic acids is 2. The fourth-order valence-corrected chi connectivity index (χ4v) is 2.27. The van der Waals surface area contributed by atoms with E-state index in [0.29, 0.717) is 12.0 Å². The molecule has 102 valence electrons. The Balaban J connectivity index is 2.31. The van der Waals surface area contributed by atoms with Gasteiger partial charge in [0.15, 0.2) is 0 Å². The van der Waals surface area contributed by atoms with Crippen molar-refractivity contribution >= 4 is 11.8 Å². The second kappa shape index (κ2) is 4.76. The van der Waals surface area contributed by atoms with E-state index in [9.17, 15) is 14.0 Å². The number of imide groups is 1. The van der Waals surface area contributed by atoms with Crippen molar-refractivity contribution in [2.75, 3.05) is 0 Å². The van der Waals surface area contributed by atoms with Crippen molar-refractivity contribution in [1.82, 2.24) is 5.32 Å². The Labute approximate surface area is 112 Å². The van der Waals surface area contributed by atoms with Gasteiger partial charge in [0.1, 0.15) is 5.82 Å². The number of halogens is 1. The van der Waals surface area contributed by atoms with Gasteiger partial charge in [-0.05, 0) is 23.5 Å². The Kier molecular flexibility index (Phi) is 3.43. The van der Waals surface area contributed by atoms with Gasteiger partial charge in [-0.2, -0.15) is 0 Å². The van der Waals surface area contributed by atoms with Crippen LogP contribution in [0.15, 0.2) is 18.2 Å². The van der Waals surface area contributed by atoms with E-state index >= 15 is 0 Å². The minimum Gasteiger partial charge on any atom is -0.296 e. The van der Waals surface area contributed by atoms with Crippen LogP contribution in [0.1, 0.15) is 50.7 Å². The molecule has 2 rings (SSSR count). The molecule has 3 nitrogen and oxygen atoms in total. The molecule has 1 aliphatic rings. The van der Waals surface area contributed by atoms with Crippen LogP contribution in [0.5, 0.6) is 0 Å². The van der Waals surface area contributed by atoms with Gasteiger partial charge in [-0.15, -0.1) is 0 Å². The van der Waals surface area contributed by atoms with Crippen LogP contribution in [-0.2, 0) is 15.0 Å². The van der Waals surface area contributed by atoms with Crippen LogP contribution in [0.2, 0.25) is 0 Å². The van der Waals surface area contributed by atoms with Gasteiger partial charge in [0, 0.05) is 12.0 Å². The zero-order valence-electron chi connectivity index (χ0n) is 11.4. The monoisotopic (exact) mass is 263 g/mol. The Morgan fingerprint density at radius 2 is 1.95 bits per heavy atom. The molecule has 1 atom stereocenters. The van der Waals surface area contributed by atoms with Crippen LogP contribution in [0.25, 0.3) is 0 Å². The van der Waals surface area contributed by atoms with Crippen LogP contribution in [0.3, 0.4) is 0 Å². The van der Waals surface area contributed by atoms with Crippen molar-refractivity contribution < 1.29 is 14.0 Å². The summed E-state index contributed by atoms with van der Waals surface area (Å²) in [5, 5.41) is 2.26. The van der Waals surface area contributed by atoms with Gasteiger partial charge in [-0.1, -0.05) is 32.9 Å². The molecule has 1 aromatic rings. The molecule has 1 unspecified atom stereocenters. The molecule has 1 fully saturated rings. The average Bonchev–Trinajstić information content (AvgIpc) is 2.28. The van der Waals surface area contributed by atoms with Gasteiger partial charge in [-0.25, -0.2) is 4.39 Å². The van der Waals surface area contributed by atoms with Crippen molar-refractivity contribution in [3.63, 3.8) is 0 Å². The molecule has 19 heavy (non-hydrogen) atoms. The molecule has 0 radical (unpaired) electrons. The summed E-state index contributed by atoms with van der Waals surface area (Å²) in [6.07, 6.45) is 0.632. The molecule has 1 saturated heterocycles. The highest BCUT2D eigenvalue weighted by Crippen LogP contribution is 2.30. The van der Waals surface area contributed by atoms with E-state index in [4.69, 9.17) is 0 Å². The summed E-state index contributed by atoms with van der Waals surface area (Å²) in [6.45, 7) is 6.02. The molecule has 1 N–H and O–H groups in total. The Morgan fingerprint density at radius 3 is 2.47 bits per heavy atom. The van der Waals surface area contributed by atoms with Gasteiger partial charge >= 0.3 is 0 Å². The summed E-state index contributed by atoms with van der Waals surface area (Å²) in [7, 11) is 0. The van der Waals surface area contributed by atoms with E-state index in [1.54, 1.807) is 6.07 Å². The number of nitrogens with one attached hydrogen (secondary N) is 1. The Hall–Kier alpha value is -1.71. The minimum atomic E-state index is -0.563. The highest BCUT2D eigenvalue weighted by Gasteiger charge is 2.30. The highest BCUT2D eigenvalue weighted by atomic mass is 19.1. The zero-order valence-corrected chi connectivity index (χ0v) is 11.4. The molecule has 4 heteroatoms. The number of benzene rings is 1. The number of carbonyl (C=O) groups is 2. The third-order valence-electron chi connectivity index (χ3n) is 3.48. The topological polar surface area (TPSA) is 46.2 Å². The van der Waals surface area contributed by atoms with E-state index in [0.717, 1.165) is 5.56 Å². The van der Waals surface area contributed by atoms with Gasteiger partial charge in [0.25, 0.3) is 0 Å². The van der Waals surface area contributed by atoms with Crippen molar-refractivity contribution in [3.05, 3.63) is 35.1 Å². The largest absolute Gasteiger partial charge is 0.296 e. The summed E-state index contributed by atoms with van der Waals surface area (Å²) in [6, 6.07) is 5.00. The summed E-state index contributed by atoms with van der Waals surface area (Å²) in [5.74, 6) is -1.62. The molecule has 0 bridgehead atoms. The van der Waals surface area contributed by atoms with E-state index in [1.807, 2.05) is 26.8 Å². The standard InChI is InChI=1S/C15H18FNO2/c1-15(2,3)9-4-5-10(12(16)8-9)11-6-7-13(18)17-14(11)19/h4-5,8,11H,6-7H2,1-3H3,(H,17,18,19). The number of piperidine rings is 1. The molecule has 1 aromatic carbocycles. The number of hydrogen-bond donors (Lipinski definition) is 1. The lowest BCUT2D eigenvalue weighted by Crippen LogP contribution is -2.39. The van der Waals surface area contributed by atoms with Crippen LogP contribution in [-0.4, -0.2) is 11.8 Å². The lowest BCUT2D eigenvalue weighted by atomic mass is 9.84. The molecule has 0 spiro atoms. The second-order valence-corrected chi connectivity index (χ2v) is 5.99. The Morgan fingerprint density at radius 1 is 1.26 bits per heavy atom. The number of rotatable bonds is 1. The Bertz CT molecular complexity index is 531. The molecule has 1 aliphatic heterocycles. The van der Waals surface area contributed by atoms with E-state index in [1.165, 1.54) is 6.07 Å². The molecular weight excluding hydrogens is 245 g/mol. The molecule has 2 amide bonds. The quantitative estimate of drug-likeness (QED) is 0.792. The average molecular weight is 263 g/mol. The van der Waals surface area contributed by atoms with Crippen LogP contribution >= 0.6 is 0 Å². The third-order valence-corrected chi connectivity index (χ3v) is 3.48. The predicted octanol–water partition coefficient (Wildman–Crippen LogP) is 2.64. The summed E-state index contributed by atoms with van der Waals surface area (Å²) < 4.78 is 14.2. The van der Waals surface area contributed by atoms with Gasteiger partial charge in [0.05, 0.1) is 5.92 Å². The van der Waals surface area contributed by atoms with Crippen molar-refractivity contribution in [2.24, 2.45) is 0 Å². The van der Waals surface area contributed by atoms with Crippen LogP contribution in [0, 0.1) is 5.82 Å². The van der Waals surface area contributed by atoms with Crippen LogP contribution in [0.4, 0.5) is 4.39 Å². The first-order valence-corrected chi connectivity index (χ1v) is 6.42. The highest BCUT2D eigenvalue weighted by molar-refractivity contribution is 6.00. The molecular formula is C15H18FNO2. The molecule has 0 saturated carbocycles. The fraction of sp³-hybridized carbons (Fsp3) is 0.467. The maximum Gasteiger partial charge on any atom is 0.234 e. The zero-order chi connectivity index (χ0) is 14.2. The van der Waals surface area contributed by atoms with Gasteiger partial charge < -0.3 is 0 Å². The van der Waals surface area contributed by atoms with E-state index in [-0.39, 0.29) is 23.6 Å². The lowest BCUT2D eigenvalue weighted by molar-refractivity contribution is -0.134. The minimum absolute atomic E-state index is 0.135. The lowest BCUT2D eigenvalue weighted by Gasteiger charge is -2.24. The first kappa shape index (κ1) is 13.7. The number of hydrogen-bond acceptors (Lipinski definition) is 2. The molecule has 1 heterocycles. The van der Waals surface area contributed by atoms with Crippen LogP contribution < -0.4 is 5.32 Å². The van der Waals surface area contributed by atoms with E-state index in [2.05, 4.69) is 5.32 Å². The summed E-state index contributed by atoms with van der Waals surface area (Å²) in [5.41, 5.74) is 1.13. The normalized spacial score (nSPS) is 20.3.